The number of methoxy groups -OCH3 is 2. The van der Waals surface area contributed by atoms with E-state index in [9.17, 15) is 14.9 Å². The van der Waals surface area contributed by atoms with E-state index in [0.717, 1.165) is 16.4 Å². The Kier molecular flexibility index (Phi) is 7.28. The molecule has 2 rings (SSSR count). The van der Waals surface area contributed by atoms with Crippen LogP contribution in [0, 0.1) is 10.1 Å². The molecule has 0 spiro atoms. The number of hydrogen-bond acceptors (Lipinski definition) is 6. The Labute approximate surface area is 155 Å². The number of nitrogens with one attached hydrogen (secondary N) is 1. The molecule has 0 unspecified atom stereocenters. The van der Waals surface area contributed by atoms with Crippen LogP contribution in [0.5, 0.6) is 11.5 Å². The number of nitro groups is 1. The number of non-ortho nitro benzene ring substituents is 1. The molecular weight excluding hydrogens is 356 g/mol. The van der Waals surface area contributed by atoms with Crippen molar-refractivity contribution >= 4 is 29.0 Å². The molecule has 0 aliphatic rings. The predicted molar refractivity (Wildman–Crippen MR) is 101 cm³/mol. The maximum absolute atomic E-state index is 12.1. The number of carbonyl (C=O) groups is 1. The number of nitro benzene ring substituents is 1. The van der Waals surface area contributed by atoms with Crippen LogP contribution in [0.3, 0.4) is 0 Å². The second kappa shape index (κ2) is 9.67. The molecule has 0 saturated carbocycles. The van der Waals surface area contributed by atoms with E-state index in [2.05, 4.69) is 5.32 Å². The van der Waals surface area contributed by atoms with Crippen molar-refractivity contribution in [1.29, 1.82) is 0 Å². The average molecular weight is 376 g/mol. The van der Waals surface area contributed by atoms with Crippen LogP contribution >= 0.6 is 11.8 Å². The van der Waals surface area contributed by atoms with Gasteiger partial charge in [0.15, 0.2) is 0 Å². The molecular formula is C18H20N2O5S. The zero-order valence-electron chi connectivity index (χ0n) is 14.6. The van der Waals surface area contributed by atoms with Crippen LogP contribution in [-0.4, -0.2) is 30.8 Å². The summed E-state index contributed by atoms with van der Waals surface area (Å²) < 4.78 is 10.2. The number of thioether (sulfide) groups is 1. The standard InChI is InChI=1S/C18H20N2O5S/c1-24-14-6-8-15(9-7-14)26-11-3-4-18(21)19-16-10-5-13(20(22)23)12-17(16)25-2/h5-10,12H,3-4,11H2,1-2H3,(H,19,21). The molecule has 7 nitrogen and oxygen atoms in total. The Balaban J connectivity index is 1.80. The van der Waals surface area contributed by atoms with Gasteiger partial charge in [0.05, 0.1) is 30.9 Å². The highest BCUT2D eigenvalue weighted by atomic mass is 32.2. The van der Waals surface area contributed by atoms with Crippen LogP contribution in [-0.2, 0) is 4.79 Å². The first-order chi connectivity index (χ1) is 12.5. The Morgan fingerprint density at radius 1 is 1.15 bits per heavy atom. The third-order valence-electron chi connectivity index (χ3n) is 3.55. The van der Waals surface area contributed by atoms with E-state index >= 15 is 0 Å². The van der Waals surface area contributed by atoms with E-state index in [1.165, 1.54) is 25.3 Å². The van der Waals surface area contributed by atoms with E-state index in [4.69, 9.17) is 9.47 Å². The molecule has 2 aromatic rings. The summed E-state index contributed by atoms with van der Waals surface area (Å²) in [6.45, 7) is 0. The van der Waals surface area contributed by atoms with Crippen molar-refractivity contribution in [3.05, 3.63) is 52.6 Å². The van der Waals surface area contributed by atoms with Gasteiger partial charge in [-0.05, 0) is 42.5 Å². The summed E-state index contributed by atoms with van der Waals surface area (Å²) in [6, 6.07) is 11.8. The Hall–Kier alpha value is -2.74. The van der Waals surface area contributed by atoms with Gasteiger partial charge in [0.25, 0.3) is 5.69 Å². The lowest BCUT2D eigenvalue weighted by Gasteiger charge is -2.10. The maximum Gasteiger partial charge on any atom is 0.273 e. The largest absolute Gasteiger partial charge is 0.497 e. The lowest BCUT2D eigenvalue weighted by molar-refractivity contribution is -0.384. The van der Waals surface area contributed by atoms with Gasteiger partial charge in [-0.2, -0.15) is 0 Å². The molecule has 0 fully saturated rings. The highest BCUT2D eigenvalue weighted by Crippen LogP contribution is 2.29. The summed E-state index contributed by atoms with van der Waals surface area (Å²) in [5, 5.41) is 13.5. The van der Waals surface area contributed by atoms with Crippen molar-refractivity contribution in [1.82, 2.24) is 0 Å². The molecule has 26 heavy (non-hydrogen) atoms. The number of ether oxygens (including phenoxy) is 2. The maximum atomic E-state index is 12.1. The summed E-state index contributed by atoms with van der Waals surface area (Å²) in [6.07, 6.45) is 1.06. The molecule has 138 valence electrons. The second-order valence-corrected chi connectivity index (χ2v) is 6.49. The zero-order valence-corrected chi connectivity index (χ0v) is 15.4. The van der Waals surface area contributed by atoms with Gasteiger partial charge >= 0.3 is 0 Å². The summed E-state index contributed by atoms with van der Waals surface area (Å²) in [4.78, 5) is 23.5. The lowest BCUT2D eigenvalue weighted by atomic mass is 10.2. The van der Waals surface area contributed by atoms with Crippen LogP contribution < -0.4 is 14.8 Å². The number of anilines is 1. The van der Waals surface area contributed by atoms with Crippen LogP contribution in [0.15, 0.2) is 47.4 Å². The van der Waals surface area contributed by atoms with E-state index in [0.29, 0.717) is 18.5 Å². The highest BCUT2D eigenvalue weighted by molar-refractivity contribution is 7.99. The topological polar surface area (TPSA) is 90.7 Å². The first-order valence-electron chi connectivity index (χ1n) is 7.92. The predicted octanol–water partition coefficient (Wildman–Crippen LogP) is 4.12. The van der Waals surface area contributed by atoms with Gasteiger partial charge in [0.2, 0.25) is 5.91 Å². The van der Waals surface area contributed by atoms with Crippen LogP contribution in [0.4, 0.5) is 11.4 Å². The molecule has 0 bridgehead atoms. The minimum atomic E-state index is -0.509. The number of hydrogen-bond donors (Lipinski definition) is 1. The fraction of sp³-hybridized carbons (Fsp3) is 0.278. The van der Waals surface area contributed by atoms with Gasteiger partial charge in [0.1, 0.15) is 11.5 Å². The molecule has 0 aliphatic carbocycles. The zero-order chi connectivity index (χ0) is 18.9. The molecule has 1 amide bonds. The van der Waals surface area contributed by atoms with Crippen molar-refractivity contribution in [3.8, 4) is 11.5 Å². The number of benzene rings is 2. The fourth-order valence-corrected chi connectivity index (χ4v) is 3.06. The van der Waals surface area contributed by atoms with Gasteiger partial charge in [-0.3, -0.25) is 14.9 Å². The van der Waals surface area contributed by atoms with Gasteiger partial charge in [-0.25, -0.2) is 0 Å². The third kappa shape index (κ3) is 5.66. The average Bonchev–Trinajstić information content (AvgIpc) is 2.65. The van der Waals surface area contributed by atoms with Crippen molar-refractivity contribution in [3.63, 3.8) is 0 Å². The van der Waals surface area contributed by atoms with Crippen LogP contribution in [0.2, 0.25) is 0 Å². The van der Waals surface area contributed by atoms with E-state index < -0.39 is 4.92 Å². The van der Waals surface area contributed by atoms with Gasteiger partial charge in [-0.15, -0.1) is 11.8 Å². The molecule has 0 radical (unpaired) electrons. The smallest absolute Gasteiger partial charge is 0.273 e. The highest BCUT2D eigenvalue weighted by Gasteiger charge is 2.13. The van der Waals surface area contributed by atoms with Crippen LogP contribution in [0.1, 0.15) is 12.8 Å². The molecule has 0 saturated heterocycles. The quantitative estimate of drug-likeness (QED) is 0.306. The van der Waals surface area contributed by atoms with Crippen molar-refractivity contribution < 1.29 is 19.2 Å². The molecule has 2 aromatic carbocycles. The second-order valence-electron chi connectivity index (χ2n) is 5.32. The summed E-state index contributed by atoms with van der Waals surface area (Å²) in [5.41, 5.74) is 0.335. The Morgan fingerprint density at radius 2 is 1.88 bits per heavy atom. The fourth-order valence-electron chi connectivity index (χ4n) is 2.20. The SMILES string of the molecule is COc1ccc(SCCCC(=O)Nc2ccc([N+](=O)[O-])cc2OC)cc1. The molecule has 1 N–H and O–H groups in total. The van der Waals surface area contributed by atoms with E-state index in [-0.39, 0.29) is 17.3 Å². The number of nitrogens with zero attached hydrogens (tertiary/aromatic N) is 1. The molecule has 0 aliphatic heterocycles. The normalized spacial score (nSPS) is 10.2. The van der Waals surface area contributed by atoms with E-state index in [1.807, 2.05) is 24.3 Å². The lowest BCUT2D eigenvalue weighted by Crippen LogP contribution is -2.12. The Morgan fingerprint density at radius 3 is 2.50 bits per heavy atom. The molecule has 0 heterocycles. The van der Waals surface area contributed by atoms with Crippen molar-refractivity contribution in [2.75, 3.05) is 25.3 Å². The summed E-state index contributed by atoms with van der Waals surface area (Å²) in [7, 11) is 3.03. The summed E-state index contributed by atoms with van der Waals surface area (Å²) in [5.74, 6) is 1.72. The first-order valence-corrected chi connectivity index (χ1v) is 8.91. The minimum absolute atomic E-state index is 0.0873. The molecule has 0 atom stereocenters. The van der Waals surface area contributed by atoms with E-state index in [1.54, 1.807) is 18.9 Å². The summed E-state index contributed by atoms with van der Waals surface area (Å²) >= 11 is 1.67. The van der Waals surface area contributed by atoms with Gasteiger partial charge < -0.3 is 14.8 Å². The first kappa shape index (κ1) is 19.6. The monoisotopic (exact) mass is 376 g/mol. The van der Waals surface area contributed by atoms with Crippen LogP contribution in [0.25, 0.3) is 0 Å². The van der Waals surface area contributed by atoms with Gasteiger partial charge in [0, 0.05) is 17.4 Å². The number of carbonyl (C=O) groups excluding carboxylic acids is 1. The molecule has 8 heteroatoms. The number of rotatable bonds is 9. The minimum Gasteiger partial charge on any atom is -0.497 e. The number of amides is 1. The molecule has 0 aromatic heterocycles. The Bertz CT molecular complexity index is 765. The van der Waals surface area contributed by atoms with Gasteiger partial charge in [-0.1, -0.05) is 0 Å². The van der Waals surface area contributed by atoms with Crippen molar-refractivity contribution in [2.45, 2.75) is 17.7 Å². The van der Waals surface area contributed by atoms with Crippen molar-refractivity contribution in [2.24, 2.45) is 0 Å². The third-order valence-corrected chi connectivity index (χ3v) is 4.64.